The molecule has 12 heavy (non-hydrogen) atoms. The molecule has 2 aliphatic rings. The molecule has 3 nitrogen and oxygen atoms in total. The molecule has 1 saturated carbocycles. The predicted molar refractivity (Wildman–Crippen MR) is 44.0 cm³/mol. The molecule has 1 aliphatic carbocycles. The number of aliphatic hydroxyl groups is 1. The van der Waals surface area contributed by atoms with Gasteiger partial charge >= 0.3 is 0 Å². The van der Waals surface area contributed by atoms with Crippen molar-refractivity contribution in [2.75, 3.05) is 13.1 Å². The molecule has 1 aliphatic heterocycles. The van der Waals surface area contributed by atoms with Gasteiger partial charge in [-0.15, -0.1) is 0 Å². The molecule has 1 N–H and O–H groups in total. The van der Waals surface area contributed by atoms with Gasteiger partial charge in [0, 0.05) is 13.1 Å². The van der Waals surface area contributed by atoms with E-state index in [-0.39, 0.29) is 6.10 Å². The molecule has 0 aromatic heterocycles. The zero-order valence-electron chi connectivity index (χ0n) is 7.11. The second-order valence-electron chi connectivity index (χ2n) is 3.99. The fourth-order valence-electron chi connectivity index (χ4n) is 2.49. The monoisotopic (exact) mass is 166 g/mol. The van der Waals surface area contributed by atoms with Crippen molar-refractivity contribution in [3.63, 3.8) is 0 Å². The summed E-state index contributed by atoms with van der Waals surface area (Å²) in [5.74, 6) is 1.25. The van der Waals surface area contributed by atoms with Gasteiger partial charge in [-0.2, -0.15) is 5.26 Å². The number of rotatable bonds is 0. The predicted octanol–water partition coefficient (Wildman–Crippen LogP) is 0.560. The minimum Gasteiger partial charge on any atom is -0.393 e. The van der Waals surface area contributed by atoms with E-state index in [0.717, 1.165) is 32.4 Å². The lowest BCUT2D eigenvalue weighted by Crippen LogP contribution is -2.26. The Balaban J connectivity index is 1.99. The average molecular weight is 166 g/mol. The fourth-order valence-corrected chi connectivity index (χ4v) is 2.49. The Morgan fingerprint density at radius 1 is 1.25 bits per heavy atom. The molecule has 1 heterocycles. The first-order valence-corrected chi connectivity index (χ1v) is 4.62. The zero-order valence-corrected chi connectivity index (χ0v) is 7.11. The Labute approximate surface area is 72.6 Å². The van der Waals surface area contributed by atoms with Crippen LogP contribution < -0.4 is 0 Å². The third kappa shape index (κ3) is 1.27. The summed E-state index contributed by atoms with van der Waals surface area (Å²) in [4.78, 5) is 1.83. The Morgan fingerprint density at radius 3 is 2.75 bits per heavy atom. The van der Waals surface area contributed by atoms with Crippen molar-refractivity contribution in [1.82, 2.24) is 4.90 Å². The van der Waals surface area contributed by atoms with Gasteiger partial charge in [0.15, 0.2) is 6.19 Å². The molecule has 3 unspecified atom stereocenters. The van der Waals surface area contributed by atoms with Gasteiger partial charge < -0.3 is 10.0 Å². The fraction of sp³-hybridized carbons (Fsp3) is 0.889. The number of hydrogen-bond donors (Lipinski definition) is 1. The first-order chi connectivity index (χ1) is 5.79. The third-order valence-electron chi connectivity index (χ3n) is 3.16. The molecule has 0 amide bonds. The van der Waals surface area contributed by atoms with E-state index in [0.29, 0.717) is 11.8 Å². The van der Waals surface area contributed by atoms with Crippen LogP contribution in [-0.4, -0.2) is 29.2 Å². The second-order valence-corrected chi connectivity index (χ2v) is 3.99. The maximum absolute atomic E-state index is 9.41. The van der Waals surface area contributed by atoms with Gasteiger partial charge in [0.2, 0.25) is 0 Å². The van der Waals surface area contributed by atoms with E-state index >= 15 is 0 Å². The van der Waals surface area contributed by atoms with Crippen LogP contribution >= 0.6 is 0 Å². The van der Waals surface area contributed by atoms with E-state index in [1.807, 2.05) is 4.90 Å². The van der Waals surface area contributed by atoms with Crippen molar-refractivity contribution in [1.29, 1.82) is 5.26 Å². The van der Waals surface area contributed by atoms with Gasteiger partial charge in [-0.3, -0.25) is 0 Å². The van der Waals surface area contributed by atoms with Crippen molar-refractivity contribution in [3.8, 4) is 6.19 Å². The number of aliphatic hydroxyl groups excluding tert-OH is 1. The van der Waals surface area contributed by atoms with Crippen LogP contribution in [0.3, 0.4) is 0 Å². The normalized spacial score (nSPS) is 40.7. The number of fused-ring (bicyclic) bond motifs is 1. The van der Waals surface area contributed by atoms with E-state index < -0.39 is 0 Å². The second kappa shape index (κ2) is 2.95. The lowest BCUT2D eigenvalue weighted by Gasteiger charge is -2.27. The first-order valence-electron chi connectivity index (χ1n) is 4.62. The van der Waals surface area contributed by atoms with Gasteiger partial charge in [0.1, 0.15) is 0 Å². The van der Waals surface area contributed by atoms with Gasteiger partial charge in [0.05, 0.1) is 6.10 Å². The molecular weight excluding hydrogens is 152 g/mol. The molecule has 2 fully saturated rings. The van der Waals surface area contributed by atoms with Crippen LogP contribution in [0.25, 0.3) is 0 Å². The Kier molecular flexibility index (Phi) is 1.93. The van der Waals surface area contributed by atoms with Crippen LogP contribution in [0.15, 0.2) is 0 Å². The van der Waals surface area contributed by atoms with Gasteiger partial charge in [-0.05, 0) is 31.1 Å². The van der Waals surface area contributed by atoms with Gasteiger partial charge in [0.25, 0.3) is 0 Å². The summed E-state index contributed by atoms with van der Waals surface area (Å²) in [5.41, 5.74) is 0. The lowest BCUT2D eigenvalue weighted by molar-refractivity contribution is 0.0866. The van der Waals surface area contributed by atoms with Gasteiger partial charge in [-0.25, -0.2) is 0 Å². The molecule has 3 heteroatoms. The molecule has 0 bridgehead atoms. The molecule has 3 atom stereocenters. The standard InChI is InChI=1S/C9H14N2O/c10-6-11-4-7-1-2-9(12)3-8(7)5-11/h7-9,12H,1-5H2. The summed E-state index contributed by atoms with van der Waals surface area (Å²) in [6, 6.07) is 0. The molecule has 0 spiro atoms. The topological polar surface area (TPSA) is 47.3 Å². The minimum atomic E-state index is -0.107. The summed E-state index contributed by atoms with van der Waals surface area (Å²) >= 11 is 0. The van der Waals surface area contributed by atoms with Crippen LogP contribution in [-0.2, 0) is 0 Å². The number of nitrogens with zero attached hydrogens (tertiary/aromatic N) is 2. The maximum Gasteiger partial charge on any atom is 0.179 e. The molecule has 2 rings (SSSR count). The summed E-state index contributed by atoms with van der Waals surface area (Å²) in [6.07, 6.45) is 5.02. The number of hydrogen-bond acceptors (Lipinski definition) is 3. The van der Waals surface area contributed by atoms with E-state index in [2.05, 4.69) is 6.19 Å². The van der Waals surface area contributed by atoms with Crippen molar-refractivity contribution in [2.45, 2.75) is 25.4 Å². The van der Waals surface area contributed by atoms with E-state index in [1.54, 1.807) is 0 Å². The maximum atomic E-state index is 9.41. The van der Waals surface area contributed by atoms with Crippen LogP contribution in [0.2, 0.25) is 0 Å². The summed E-state index contributed by atoms with van der Waals surface area (Å²) in [6.45, 7) is 1.80. The van der Waals surface area contributed by atoms with Crippen molar-refractivity contribution in [3.05, 3.63) is 0 Å². The summed E-state index contributed by atoms with van der Waals surface area (Å²) < 4.78 is 0. The minimum absolute atomic E-state index is 0.107. The van der Waals surface area contributed by atoms with Crippen LogP contribution in [0.4, 0.5) is 0 Å². The highest BCUT2D eigenvalue weighted by Gasteiger charge is 2.36. The van der Waals surface area contributed by atoms with Gasteiger partial charge in [-0.1, -0.05) is 0 Å². The number of nitriles is 1. The highest BCUT2D eigenvalue weighted by molar-refractivity contribution is 4.93. The highest BCUT2D eigenvalue weighted by atomic mass is 16.3. The largest absolute Gasteiger partial charge is 0.393 e. The van der Waals surface area contributed by atoms with Crippen molar-refractivity contribution < 1.29 is 5.11 Å². The smallest absolute Gasteiger partial charge is 0.179 e. The van der Waals surface area contributed by atoms with Crippen LogP contribution in [0, 0.1) is 23.3 Å². The molecule has 0 aromatic rings. The summed E-state index contributed by atoms with van der Waals surface area (Å²) in [7, 11) is 0. The Bertz CT molecular complexity index is 211. The summed E-state index contributed by atoms with van der Waals surface area (Å²) in [5, 5.41) is 18.1. The van der Waals surface area contributed by atoms with Crippen molar-refractivity contribution in [2.24, 2.45) is 11.8 Å². The quantitative estimate of drug-likeness (QED) is 0.535. The third-order valence-corrected chi connectivity index (χ3v) is 3.16. The SMILES string of the molecule is N#CN1CC2CCC(O)CC2C1. The molecule has 0 aromatic carbocycles. The van der Waals surface area contributed by atoms with E-state index in [9.17, 15) is 5.11 Å². The van der Waals surface area contributed by atoms with Crippen molar-refractivity contribution >= 4 is 0 Å². The van der Waals surface area contributed by atoms with E-state index in [1.165, 1.54) is 0 Å². The average Bonchev–Trinajstić information content (AvgIpc) is 2.46. The van der Waals surface area contributed by atoms with Crippen LogP contribution in [0.5, 0.6) is 0 Å². The van der Waals surface area contributed by atoms with Crippen LogP contribution in [0.1, 0.15) is 19.3 Å². The number of likely N-dealkylation sites (tertiary alicyclic amines) is 1. The molecule has 0 radical (unpaired) electrons. The van der Waals surface area contributed by atoms with E-state index in [4.69, 9.17) is 5.26 Å². The highest BCUT2D eigenvalue weighted by Crippen LogP contribution is 2.35. The Hall–Kier alpha value is -0.750. The lowest BCUT2D eigenvalue weighted by atomic mass is 9.80. The zero-order chi connectivity index (χ0) is 8.55. The first kappa shape index (κ1) is 7.88. The Morgan fingerprint density at radius 2 is 2.00 bits per heavy atom. The molecule has 66 valence electrons. The molecule has 1 saturated heterocycles. The molecular formula is C9H14N2O.